The quantitative estimate of drug-likeness (QED) is 0.187. The molecule has 0 fully saturated rings. The van der Waals surface area contributed by atoms with Crippen molar-refractivity contribution in [3.63, 3.8) is 0 Å². The normalized spacial score (nSPS) is 12.0. The van der Waals surface area contributed by atoms with Crippen molar-refractivity contribution < 1.29 is 19.4 Å². The minimum absolute atomic E-state index is 0. The van der Waals surface area contributed by atoms with E-state index in [1.165, 1.54) is 29.1 Å². The van der Waals surface area contributed by atoms with E-state index in [2.05, 4.69) is 25.6 Å². The number of aromatic nitrogens is 3. The molecule has 0 aliphatic heterocycles. The van der Waals surface area contributed by atoms with Crippen LogP contribution in [0.15, 0.2) is 58.7 Å². The molecule has 0 spiro atoms. The van der Waals surface area contributed by atoms with Crippen molar-refractivity contribution in [2.75, 3.05) is 11.9 Å². The largest absolute Gasteiger partial charge is 0.480 e. The van der Waals surface area contributed by atoms with Crippen molar-refractivity contribution in [2.45, 2.75) is 25.6 Å². The third kappa shape index (κ3) is 7.30. The van der Waals surface area contributed by atoms with E-state index in [0.29, 0.717) is 17.7 Å². The minimum atomic E-state index is -1.20. The fourth-order valence-corrected chi connectivity index (χ4v) is 2.96. The van der Waals surface area contributed by atoms with E-state index >= 15 is 0 Å². The highest BCUT2D eigenvalue weighted by atomic mass is 35.5. The standard InChI is InChI=1S/C21H24N8O5.ClH/c1-2-16(28-20(22)23)34-14-5-4-13-8-12(9-17(30)29(13)11-14)18(31)26-10-15(19(32)33)27-21-24-6-3-7-25-21;/h3-9,11,15-16H,2,10H2,1H3,(H,26,31)(H,32,33)(H4,22,23,28)(H,24,25,27);1H. The number of hydrogen-bond acceptors (Lipinski definition) is 8. The molecule has 2 unspecified atom stereocenters. The van der Waals surface area contributed by atoms with Crippen LogP contribution in [0, 0.1) is 0 Å². The molecule has 0 bridgehead atoms. The molecule has 2 atom stereocenters. The van der Waals surface area contributed by atoms with Crippen LogP contribution in [0.5, 0.6) is 5.75 Å². The van der Waals surface area contributed by atoms with Crippen molar-refractivity contribution in [1.82, 2.24) is 19.7 Å². The van der Waals surface area contributed by atoms with Crippen LogP contribution < -0.4 is 32.4 Å². The van der Waals surface area contributed by atoms with Crippen molar-refractivity contribution in [3.8, 4) is 5.75 Å². The maximum Gasteiger partial charge on any atom is 0.328 e. The number of nitrogens with two attached hydrogens (primary N) is 2. The summed E-state index contributed by atoms with van der Waals surface area (Å²) in [5, 5.41) is 14.5. The number of pyridine rings is 2. The number of aliphatic carboxylic acids is 1. The monoisotopic (exact) mass is 504 g/mol. The third-order valence-electron chi connectivity index (χ3n) is 4.58. The molecule has 7 N–H and O–H groups in total. The predicted octanol–water partition coefficient (Wildman–Crippen LogP) is 0.195. The summed E-state index contributed by atoms with van der Waals surface area (Å²) in [7, 11) is 0. The van der Waals surface area contributed by atoms with E-state index in [1.807, 2.05) is 6.92 Å². The molecule has 3 aromatic rings. The topological polar surface area (TPSA) is 199 Å². The van der Waals surface area contributed by atoms with E-state index < -0.39 is 29.7 Å². The van der Waals surface area contributed by atoms with Gasteiger partial charge in [0, 0.05) is 42.5 Å². The Balaban J connectivity index is 0.00000432. The molecular weight excluding hydrogens is 480 g/mol. The molecule has 1 amide bonds. The van der Waals surface area contributed by atoms with E-state index in [4.69, 9.17) is 16.2 Å². The van der Waals surface area contributed by atoms with Gasteiger partial charge in [-0.25, -0.2) is 19.8 Å². The van der Waals surface area contributed by atoms with Crippen LogP contribution in [-0.4, -0.2) is 56.1 Å². The average Bonchev–Trinajstić information content (AvgIpc) is 2.81. The highest BCUT2D eigenvalue weighted by molar-refractivity contribution is 5.95. The number of carboxylic acids is 1. The number of halogens is 1. The molecule has 186 valence electrons. The first-order valence-electron chi connectivity index (χ1n) is 10.2. The van der Waals surface area contributed by atoms with Gasteiger partial charge in [-0.1, -0.05) is 6.92 Å². The summed E-state index contributed by atoms with van der Waals surface area (Å²) in [5.74, 6) is -1.46. The van der Waals surface area contributed by atoms with Gasteiger partial charge in [0.05, 0.1) is 6.20 Å². The van der Waals surface area contributed by atoms with Crippen molar-refractivity contribution >= 4 is 41.7 Å². The first kappa shape index (κ1) is 26.9. The van der Waals surface area contributed by atoms with Crippen molar-refractivity contribution in [1.29, 1.82) is 0 Å². The molecule has 0 saturated heterocycles. The van der Waals surface area contributed by atoms with Gasteiger partial charge in [0.2, 0.25) is 5.95 Å². The van der Waals surface area contributed by atoms with Gasteiger partial charge in [0.1, 0.15) is 11.8 Å². The van der Waals surface area contributed by atoms with Gasteiger partial charge in [0.15, 0.2) is 12.2 Å². The number of carboxylic acid groups (broad SMARTS) is 1. The second kappa shape index (κ2) is 12.2. The molecule has 0 saturated carbocycles. The summed E-state index contributed by atoms with van der Waals surface area (Å²) in [6, 6.07) is 6.27. The number of carbonyl (C=O) groups excluding carboxylic acids is 1. The molecule has 35 heavy (non-hydrogen) atoms. The van der Waals surface area contributed by atoms with Crippen LogP contribution in [-0.2, 0) is 4.79 Å². The van der Waals surface area contributed by atoms with Gasteiger partial charge in [-0.3, -0.25) is 14.0 Å². The number of nitrogens with zero attached hydrogens (tertiary/aromatic N) is 4. The Morgan fingerprint density at radius 1 is 1.23 bits per heavy atom. The zero-order valence-corrected chi connectivity index (χ0v) is 19.4. The fraction of sp³-hybridized carbons (Fsp3) is 0.238. The van der Waals surface area contributed by atoms with Crippen LogP contribution in [0.25, 0.3) is 5.52 Å². The summed E-state index contributed by atoms with van der Waals surface area (Å²) < 4.78 is 7.00. The number of hydrogen-bond donors (Lipinski definition) is 5. The van der Waals surface area contributed by atoms with E-state index in [0.717, 1.165) is 6.07 Å². The predicted molar refractivity (Wildman–Crippen MR) is 131 cm³/mol. The molecule has 0 aromatic carbocycles. The maximum absolute atomic E-state index is 12.6. The van der Waals surface area contributed by atoms with Crippen LogP contribution in [0.1, 0.15) is 23.7 Å². The lowest BCUT2D eigenvalue weighted by atomic mass is 10.2. The zero-order valence-electron chi connectivity index (χ0n) is 18.6. The summed E-state index contributed by atoms with van der Waals surface area (Å²) in [6.45, 7) is 1.58. The Morgan fingerprint density at radius 3 is 2.57 bits per heavy atom. The van der Waals surface area contributed by atoms with Crippen LogP contribution in [0.3, 0.4) is 0 Å². The minimum Gasteiger partial charge on any atom is -0.480 e. The van der Waals surface area contributed by atoms with Crippen LogP contribution in [0.2, 0.25) is 0 Å². The first-order valence-corrected chi connectivity index (χ1v) is 10.2. The second-order valence-corrected chi connectivity index (χ2v) is 7.09. The SMILES string of the molecule is CCC(N=C(N)N)Oc1ccc2cc(C(=O)NCC(Nc3ncccn3)C(=O)O)cc(=O)n2c1.Cl. The van der Waals surface area contributed by atoms with E-state index in [-0.39, 0.29) is 36.4 Å². The fourth-order valence-electron chi connectivity index (χ4n) is 2.96. The number of nitrogens with one attached hydrogen (secondary N) is 2. The van der Waals surface area contributed by atoms with Gasteiger partial charge in [-0.05, 0) is 24.3 Å². The molecule has 0 aliphatic carbocycles. The highest BCUT2D eigenvalue weighted by Crippen LogP contribution is 2.16. The van der Waals surface area contributed by atoms with E-state index in [9.17, 15) is 19.5 Å². The number of carbonyl (C=O) groups is 2. The van der Waals surface area contributed by atoms with Crippen LogP contribution in [0.4, 0.5) is 5.95 Å². The van der Waals surface area contributed by atoms with Gasteiger partial charge in [-0.2, -0.15) is 0 Å². The zero-order chi connectivity index (χ0) is 24.7. The van der Waals surface area contributed by atoms with Gasteiger partial charge in [0.25, 0.3) is 11.5 Å². The molecular formula is C21H25ClN8O5. The number of amides is 1. The Bertz CT molecular complexity index is 1260. The number of fused-ring (bicyclic) bond motifs is 1. The number of aliphatic imine (C=N–C) groups is 1. The highest BCUT2D eigenvalue weighted by Gasteiger charge is 2.20. The Hall–Kier alpha value is -4.39. The van der Waals surface area contributed by atoms with Gasteiger partial charge >= 0.3 is 5.97 Å². The Kier molecular flexibility index (Phi) is 9.35. The molecule has 3 rings (SSSR count). The third-order valence-corrected chi connectivity index (χ3v) is 4.58. The second-order valence-electron chi connectivity index (χ2n) is 7.09. The lowest BCUT2D eigenvalue weighted by Gasteiger charge is -2.16. The average molecular weight is 505 g/mol. The molecule has 3 aromatic heterocycles. The molecule has 0 radical (unpaired) electrons. The van der Waals surface area contributed by atoms with Gasteiger partial charge < -0.3 is 31.9 Å². The number of ether oxygens (including phenoxy) is 1. The lowest BCUT2D eigenvalue weighted by Crippen LogP contribution is -2.42. The molecule has 0 aliphatic rings. The lowest BCUT2D eigenvalue weighted by molar-refractivity contribution is -0.137. The summed E-state index contributed by atoms with van der Waals surface area (Å²) in [4.78, 5) is 48.5. The first-order chi connectivity index (χ1) is 16.3. The smallest absolute Gasteiger partial charge is 0.328 e. The molecule has 3 heterocycles. The van der Waals surface area contributed by atoms with E-state index in [1.54, 1.807) is 18.2 Å². The summed E-state index contributed by atoms with van der Waals surface area (Å²) >= 11 is 0. The Morgan fingerprint density at radius 2 is 1.94 bits per heavy atom. The number of guanidine groups is 1. The molecule has 13 nitrogen and oxygen atoms in total. The maximum atomic E-state index is 12.6. The molecule has 14 heteroatoms. The van der Waals surface area contributed by atoms with Crippen molar-refractivity contribution in [3.05, 3.63) is 64.8 Å². The number of anilines is 1. The van der Waals surface area contributed by atoms with Gasteiger partial charge in [-0.15, -0.1) is 12.4 Å². The summed E-state index contributed by atoms with van der Waals surface area (Å²) in [5.41, 5.74) is 10.8. The number of rotatable bonds is 10. The van der Waals surface area contributed by atoms with Crippen LogP contribution >= 0.6 is 12.4 Å². The Labute approximate surface area is 205 Å². The van der Waals surface area contributed by atoms with Crippen molar-refractivity contribution in [2.24, 2.45) is 16.5 Å². The summed E-state index contributed by atoms with van der Waals surface area (Å²) in [6.07, 6.45) is 4.27.